The summed E-state index contributed by atoms with van der Waals surface area (Å²) in [4.78, 5) is 30.9. The lowest BCUT2D eigenvalue weighted by Gasteiger charge is -2.25. The Morgan fingerprint density at radius 3 is 2.97 bits per heavy atom. The monoisotopic (exact) mass is 453 g/mol. The second kappa shape index (κ2) is 10.5. The van der Waals surface area contributed by atoms with Gasteiger partial charge in [0.05, 0.1) is 24.3 Å². The SMILES string of the molecule is CC[C@@H]1Nc2ccc(CNC(=O)NCC(=O)N3CCCC3c3cccnc3)cc2OC[C@H]1O. The molecule has 1 fully saturated rings. The van der Waals surface area contributed by atoms with Crippen molar-refractivity contribution in [2.75, 3.05) is 25.0 Å². The summed E-state index contributed by atoms with van der Waals surface area (Å²) in [6, 6.07) is 9.02. The van der Waals surface area contributed by atoms with Gasteiger partial charge >= 0.3 is 6.03 Å². The number of nitrogens with one attached hydrogen (secondary N) is 3. The molecule has 0 spiro atoms. The van der Waals surface area contributed by atoms with Gasteiger partial charge in [-0.05, 0) is 48.6 Å². The Morgan fingerprint density at radius 2 is 2.18 bits per heavy atom. The number of benzene rings is 1. The van der Waals surface area contributed by atoms with Crippen LogP contribution < -0.4 is 20.7 Å². The number of aliphatic hydroxyl groups is 1. The maximum Gasteiger partial charge on any atom is 0.315 e. The molecule has 3 heterocycles. The smallest absolute Gasteiger partial charge is 0.315 e. The number of urea groups is 1. The fourth-order valence-electron chi connectivity index (χ4n) is 4.36. The van der Waals surface area contributed by atoms with Crippen molar-refractivity contribution < 1.29 is 19.4 Å². The van der Waals surface area contributed by atoms with E-state index < -0.39 is 12.1 Å². The molecule has 0 saturated carbocycles. The van der Waals surface area contributed by atoms with Crippen molar-refractivity contribution in [2.24, 2.45) is 0 Å². The molecule has 0 bridgehead atoms. The third-order valence-corrected chi connectivity index (χ3v) is 6.20. The lowest BCUT2D eigenvalue weighted by molar-refractivity contribution is -0.131. The Balaban J connectivity index is 1.26. The number of hydrogen-bond acceptors (Lipinski definition) is 6. The van der Waals surface area contributed by atoms with Crippen LogP contribution in [-0.2, 0) is 11.3 Å². The van der Waals surface area contributed by atoms with E-state index in [0.29, 0.717) is 18.8 Å². The van der Waals surface area contributed by atoms with Crippen LogP contribution in [0, 0.1) is 0 Å². The van der Waals surface area contributed by atoms with Crippen molar-refractivity contribution in [1.29, 1.82) is 0 Å². The number of likely N-dealkylation sites (tertiary alicyclic amines) is 1. The first kappa shape index (κ1) is 22.8. The summed E-state index contributed by atoms with van der Waals surface area (Å²) in [5, 5.41) is 18.9. The first-order valence-corrected chi connectivity index (χ1v) is 11.5. The second-order valence-corrected chi connectivity index (χ2v) is 8.44. The first-order valence-electron chi connectivity index (χ1n) is 11.5. The lowest BCUT2D eigenvalue weighted by atomic mass is 10.1. The number of carbonyl (C=O) groups is 2. The summed E-state index contributed by atoms with van der Waals surface area (Å²) < 4.78 is 5.73. The number of pyridine rings is 1. The summed E-state index contributed by atoms with van der Waals surface area (Å²) in [6.45, 7) is 3.14. The van der Waals surface area contributed by atoms with E-state index in [0.717, 1.165) is 36.1 Å². The van der Waals surface area contributed by atoms with E-state index in [4.69, 9.17) is 4.74 Å². The summed E-state index contributed by atoms with van der Waals surface area (Å²) >= 11 is 0. The van der Waals surface area contributed by atoms with Gasteiger partial charge < -0.3 is 30.7 Å². The van der Waals surface area contributed by atoms with Crippen molar-refractivity contribution in [1.82, 2.24) is 20.5 Å². The van der Waals surface area contributed by atoms with Gasteiger partial charge in [0.25, 0.3) is 0 Å². The van der Waals surface area contributed by atoms with Gasteiger partial charge in [0.2, 0.25) is 5.91 Å². The van der Waals surface area contributed by atoms with Crippen LogP contribution >= 0.6 is 0 Å². The van der Waals surface area contributed by atoms with Crippen molar-refractivity contribution in [3.8, 4) is 5.75 Å². The van der Waals surface area contributed by atoms with E-state index in [9.17, 15) is 14.7 Å². The minimum Gasteiger partial charge on any atom is -0.489 e. The summed E-state index contributed by atoms with van der Waals surface area (Å²) in [5.41, 5.74) is 2.70. The van der Waals surface area contributed by atoms with Gasteiger partial charge in [-0.3, -0.25) is 9.78 Å². The Morgan fingerprint density at radius 1 is 1.30 bits per heavy atom. The maximum absolute atomic E-state index is 12.7. The van der Waals surface area contributed by atoms with Crippen LogP contribution in [0.5, 0.6) is 5.75 Å². The van der Waals surface area contributed by atoms with Gasteiger partial charge in [-0.1, -0.05) is 19.1 Å². The van der Waals surface area contributed by atoms with E-state index in [-0.39, 0.29) is 31.1 Å². The predicted molar refractivity (Wildman–Crippen MR) is 124 cm³/mol. The van der Waals surface area contributed by atoms with E-state index in [2.05, 4.69) is 20.9 Å². The Hall–Kier alpha value is -3.33. The van der Waals surface area contributed by atoms with Crippen molar-refractivity contribution in [3.05, 3.63) is 53.9 Å². The van der Waals surface area contributed by atoms with E-state index >= 15 is 0 Å². The molecule has 1 saturated heterocycles. The number of carbonyl (C=O) groups excluding carboxylic acids is 2. The molecule has 4 rings (SSSR count). The standard InChI is InChI=1S/C24H31N5O4/c1-2-18-21(30)15-33-22-11-16(7-8-19(22)28-18)12-26-24(32)27-14-23(31)29-10-4-6-20(29)17-5-3-9-25-13-17/h3,5,7-9,11,13,18,20-21,28,30H,2,4,6,10,12,14-15H2,1H3,(H2,26,27,32)/t18-,20?,21+/m0/s1. The average molecular weight is 454 g/mol. The number of rotatable bonds is 6. The normalized spacial score (nSPS) is 21.9. The highest BCUT2D eigenvalue weighted by Gasteiger charge is 2.30. The van der Waals surface area contributed by atoms with Gasteiger partial charge in [0, 0.05) is 25.5 Å². The number of aromatic nitrogens is 1. The highest BCUT2D eigenvalue weighted by atomic mass is 16.5. The van der Waals surface area contributed by atoms with Crippen molar-refractivity contribution in [2.45, 2.75) is 50.9 Å². The van der Waals surface area contributed by atoms with Crippen LogP contribution in [0.1, 0.15) is 43.4 Å². The first-order chi connectivity index (χ1) is 16.0. The number of anilines is 1. The topological polar surface area (TPSA) is 116 Å². The van der Waals surface area contributed by atoms with Crippen LogP contribution in [0.25, 0.3) is 0 Å². The third-order valence-electron chi connectivity index (χ3n) is 6.20. The van der Waals surface area contributed by atoms with Crippen LogP contribution in [0.4, 0.5) is 10.5 Å². The summed E-state index contributed by atoms with van der Waals surface area (Å²) in [5.74, 6) is 0.542. The second-order valence-electron chi connectivity index (χ2n) is 8.44. The number of amides is 3. The van der Waals surface area contributed by atoms with E-state index in [1.165, 1.54) is 0 Å². The molecule has 4 N–H and O–H groups in total. The molecule has 0 aliphatic carbocycles. The molecular weight excluding hydrogens is 422 g/mol. The van der Waals surface area contributed by atoms with Gasteiger partial charge in [0.1, 0.15) is 18.5 Å². The average Bonchev–Trinajstić information content (AvgIpc) is 3.28. The van der Waals surface area contributed by atoms with Crippen LogP contribution in [0.15, 0.2) is 42.7 Å². The molecule has 3 amide bonds. The zero-order chi connectivity index (χ0) is 23.2. The zero-order valence-electron chi connectivity index (χ0n) is 18.8. The number of nitrogens with zero attached hydrogens (tertiary/aromatic N) is 2. The van der Waals surface area contributed by atoms with E-state index in [1.54, 1.807) is 12.4 Å². The number of fused-ring (bicyclic) bond motifs is 1. The Bertz CT molecular complexity index is 971. The minimum absolute atomic E-state index is 0.00933. The molecule has 2 aliphatic heterocycles. The number of aliphatic hydroxyl groups excluding tert-OH is 1. The maximum atomic E-state index is 12.7. The van der Waals surface area contributed by atoms with Crippen LogP contribution in [0.2, 0.25) is 0 Å². The highest BCUT2D eigenvalue weighted by molar-refractivity contribution is 5.84. The lowest BCUT2D eigenvalue weighted by Crippen LogP contribution is -2.43. The number of ether oxygens (including phenoxy) is 1. The van der Waals surface area contributed by atoms with Crippen LogP contribution in [0.3, 0.4) is 0 Å². The van der Waals surface area contributed by atoms with E-state index in [1.807, 2.05) is 42.2 Å². The third kappa shape index (κ3) is 5.54. The molecule has 0 radical (unpaired) electrons. The fraction of sp³-hybridized carbons (Fsp3) is 0.458. The molecule has 3 atom stereocenters. The Labute approximate surface area is 193 Å². The molecule has 1 aromatic carbocycles. The predicted octanol–water partition coefficient (Wildman–Crippen LogP) is 2.19. The molecule has 176 valence electrons. The van der Waals surface area contributed by atoms with Gasteiger partial charge in [-0.25, -0.2) is 4.79 Å². The molecule has 1 aromatic heterocycles. The van der Waals surface area contributed by atoms with Crippen molar-refractivity contribution >= 4 is 17.6 Å². The van der Waals surface area contributed by atoms with Gasteiger partial charge in [0.15, 0.2) is 0 Å². The van der Waals surface area contributed by atoms with Crippen LogP contribution in [-0.4, -0.2) is 58.8 Å². The summed E-state index contributed by atoms with van der Waals surface area (Å²) in [6.07, 6.45) is 5.54. The molecule has 2 aliphatic rings. The molecule has 1 unspecified atom stereocenters. The van der Waals surface area contributed by atoms with Gasteiger partial charge in [-0.2, -0.15) is 0 Å². The summed E-state index contributed by atoms with van der Waals surface area (Å²) in [7, 11) is 0. The largest absolute Gasteiger partial charge is 0.489 e. The zero-order valence-corrected chi connectivity index (χ0v) is 18.8. The van der Waals surface area contributed by atoms with Gasteiger partial charge in [-0.15, -0.1) is 0 Å². The Kier molecular flexibility index (Phi) is 7.29. The number of hydrogen-bond donors (Lipinski definition) is 4. The molecule has 2 aromatic rings. The fourth-order valence-corrected chi connectivity index (χ4v) is 4.36. The van der Waals surface area contributed by atoms with Crippen molar-refractivity contribution in [3.63, 3.8) is 0 Å². The molecular formula is C24H31N5O4. The molecule has 9 heteroatoms. The minimum atomic E-state index is -0.583. The highest BCUT2D eigenvalue weighted by Crippen LogP contribution is 2.31. The molecule has 9 nitrogen and oxygen atoms in total. The molecule has 33 heavy (non-hydrogen) atoms. The quantitative estimate of drug-likeness (QED) is 0.533.